The van der Waals surface area contributed by atoms with Crippen LogP contribution in [0.1, 0.15) is 55.7 Å². The SMILES string of the molecule is Cc1ccc(OCC(=O)N(Cc2ccc(Cl)c(Cl)c2)[C@@H](C)C(=O)NC2CCCCC2)c(C)c1. The van der Waals surface area contributed by atoms with Crippen LogP contribution in [0.5, 0.6) is 5.75 Å². The van der Waals surface area contributed by atoms with Crippen LogP contribution >= 0.6 is 23.2 Å². The molecule has 1 atom stereocenters. The van der Waals surface area contributed by atoms with E-state index in [4.69, 9.17) is 27.9 Å². The Hall–Kier alpha value is -2.24. The quantitative estimate of drug-likeness (QED) is 0.504. The minimum atomic E-state index is -0.656. The highest BCUT2D eigenvalue weighted by Gasteiger charge is 2.28. The topological polar surface area (TPSA) is 58.6 Å². The van der Waals surface area contributed by atoms with Crippen LogP contribution in [0.15, 0.2) is 36.4 Å². The average molecular weight is 491 g/mol. The minimum absolute atomic E-state index is 0.151. The molecular formula is C26H32Cl2N2O3. The van der Waals surface area contributed by atoms with Crippen molar-refractivity contribution in [2.24, 2.45) is 0 Å². The fourth-order valence-electron chi connectivity index (χ4n) is 4.17. The Balaban J connectivity index is 1.74. The molecule has 0 aromatic heterocycles. The van der Waals surface area contributed by atoms with Crippen LogP contribution < -0.4 is 10.1 Å². The summed E-state index contributed by atoms with van der Waals surface area (Å²) in [7, 11) is 0. The number of aryl methyl sites for hydroxylation is 2. The lowest BCUT2D eigenvalue weighted by molar-refractivity contribution is -0.142. The summed E-state index contributed by atoms with van der Waals surface area (Å²) >= 11 is 12.2. The third-order valence-corrected chi connectivity index (χ3v) is 6.88. The van der Waals surface area contributed by atoms with E-state index < -0.39 is 6.04 Å². The molecule has 0 bridgehead atoms. The van der Waals surface area contributed by atoms with E-state index in [0.29, 0.717) is 15.8 Å². The van der Waals surface area contributed by atoms with E-state index >= 15 is 0 Å². The summed E-state index contributed by atoms with van der Waals surface area (Å²) in [6.45, 7) is 5.77. The Morgan fingerprint density at radius 1 is 1.06 bits per heavy atom. The first-order valence-electron chi connectivity index (χ1n) is 11.5. The van der Waals surface area contributed by atoms with E-state index in [1.807, 2.05) is 38.1 Å². The number of amides is 2. The number of benzene rings is 2. The summed E-state index contributed by atoms with van der Waals surface area (Å²) in [6, 6.07) is 10.6. The van der Waals surface area contributed by atoms with Gasteiger partial charge >= 0.3 is 0 Å². The lowest BCUT2D eigenvalue weighted by Gasteiger charge is -2.31. The summed E-state index contributed by atoms with van der Waals surface area (Å²) in [5.41, 5.74) is 2.88. The number of hydrogen-bond acceptors (Lipinski definition) is 3. The molecule has 0 heterocycles. The molecule has 2 aromatic rings. The highest BCUT2D eigenvalue weighted by Crippen LogP contribution is 2.24. The van der Waals surface area contributed by atoms with Gasteiger partial charge in [-0.25, -0.2) is 0 Å². The van der Waals surface area contributed by atoms with E-state index in [1.54, 1.807) is 24.0 Å². The van der Waals surface area contributed by atoms with Gasteiger partial charge in [0.15, 0.2) is 6.61 Å². The molecule has 1 aliphatic rings. The molecule has 0 radical (unpaired) electrons. The second-order valence-electron chi connectivity index (χ2n) is 8.85. The minimum Gasteiger partial charge on any atom is -0.483 e. The van der Waals surface area contributed by atoms with E-state index in [9.17, 15) is 9.59 Å². The molecule has 1 N–H and O–H groups in total. The molecule has 33 heavy (non-hydrogen) atoms. The number of carbonyl (C=O) groups excluding carboxylic acids is 2. The highest BCUT2D eigenvalue weighted by molar-refractivity contribution is 6.42. The smallest absolute Gasteiger partial charge is 0.261 e. The summed E-state index contributed by atoms with van der Waals surface area (Å²) in [5, 5.41) is 3.98. The molecule has 1 aliphatic carbocycles. The number of hydrogen-bond donors (Lipinski definition) is 1. The zero-order valence-electron chi connectivity index (χ0n) is 19.5. The Kier molecular flexibility index (Phi) is 9.04. The first-order chi connectivity index (χ1) is 15.7. The zero-order valence-corrected chi connectivity index (χ0v) is 21.0. The molecule has 2 aromatic carbocycles. The number of nitrogens with one attached hydrogen (secondary N) is 1. The number of rotatable bonds is 8. The second kappa shape index (κ2) is 11.8. The molecule has 0 saturated heterocycles. The molecule has 3 rings (SSSR count). The van der Waals surface area contributed by atoms with Crippen molar-refractivity contribution in [3.8, 4) is 5.75 Å². The Labute approximate surface area is 206 Å². The van der Waals surface area contributed by atoms with E-state index in [-0.39, 0.29) is 31.0 Å². The maximum atomic E-state index is 13.3. The summed E-state index contributed by atoms with van der Waals surface area (Å²) in [6.07, 6.45) is 5.41. The van der Waals surface area contributed by atoms with Crippen molar-refractivity contribution in [3.63, 3.8) is 0 Å². The monoisotopic (exact) mass is 490 g/mol. The normalized spacial score (nSPS) is 15.1. The highest BCUT2D eigenvalue weighted by atomic mass is 35.5. The van der Waals surface area contributed by atoms with Crippen molar-refractivity contribution in [1.82, 2.24) is 10.2 Å². The van der Waals surface area contributed by atoms with E-state index in [2.05, 4.69) is 5.32 Å². The first kappa shape index (κ1) is 25.4. The second-order valence-corrected chi connectivity index (χ2v) is 9.66. The number of halogens is 2. The van der Waals surface area contributed by atoms with Gasteiger partial charge in [-0.05, 0) is 62.9 Å². The van der Waals surface area contributed by atoms with Gasteiger partial charge in [0.1, 0.15) is 11.8 Å². The number of ether oxygens (including phenoxy) is 1. The van der Waals surface area contributed by atoms with Gasteiger partial charge < -0.3 is 15.0 Å². The molecule has 1 fully saturated rings. The Bertz CT molecular complexity index is 989. The average Bonchev–Trinajstić information content (AvgIpc) is 2.79. The molecule has 2 amide bonds. The van der Waals surface area contributed by atoms with Gasteiger partial charge in [-0.1, -0.05) is 66.2 Å². The molecule has 0 aliphatic heterocycles. The van der Waals surface area contributed by atoms with E-state index in [0.717, 1.165) is 42.4 Å². The summed E-state index contributed by atoms with van der Waals surface area (Å²) in [5.74, 6) is 0.233. The van der Waals surface area contributed by atoms with Crippen LogP contribution in [0.3, 0.4) is 0 Å². The maximum Gasteiger partial charge on any atom is 0.261 e. The van der Waals surface area contributed by atoms with Crippen molar-refractivity contribution in [2.75, 3.05) is 6.61 Å². The lowest BCUT2D eigenvalue weighted by Crippen LogP contribution is -2.51. The fraction of sp³-hybridized carbons (Fsp3) is 0.462. The first-order valence-corrected chi connectivity index (χ1v) is 12.2. The van der Waals surface area contributed by atoms with Gasteiger partial charge in [0.25, 0.3) is 5.91 Å². The third-order valence-electron chi connectivity index (χ3n) is 6.14. The number of carbonyl (C=O) groups is 2. The predicted octanol–water partition coefficient (Wildman–Crippen LogP) is 5.86. The summed E-state index contributed by atoms with van der Waals surface area (Å²) < 4.78 is 5.82. The van der Waals surface area contributed by atoms with Crippen molar-refractivity contribution in [1.29, 1.82) is 0 Å². The third kappa shape index (κ3) is 7.12. The number of nitrogens with zero attached hydrogens (tertiary/aromatic N) is 1. The molecule has 178 valence electrons. The van der Waals surface area contributed by atoms with Crippen LogP contribution in [-0.4, -0.2) is 35.4 Å². The molecule has 0 spiro atoms. The Morgan fingerprint density at radius 3 is 2.45 bits per heavy atom. The van der Waals surface area contributed by atoms with Gasteiger partial charge in [-0.2, -0.15) is 0 Å². The van der Waals surface area contributed by atoms with Crippen LogP contribution in [-0.2, 0) is 16.1 Å². The predicted molar refractivity (Wildman–Crippen MR) is 133 cm³/mol. The fourth-order valence-corrected chi connectivity index (χ4v) is 4.49. The van der Waals surface area contributed by atoms with Crippen molar-refractivity contribution >= 4 is 35.0 Å². The van der Waals surface area contributed by atoms with Gasteiger partial charge in [-0.15, -0.1) is 0 Å². The van der Waals surface area contributed by atoms with Gasteiger partial charge in [-0.3, -0.25) is 9.59 Å². The summed E-state index contributed by atoms with van der Waals surface area (Å²) in [4.78, 5) is 27.8. The van der Waals surface area contributed by atoms with E-state index in [1.165, 1.54) is 6.42 Å². The molecule has 1 saturated carbocycles. The van der Waals surface area contributed by atoms with Crippen LogP contribution in [0, 0.1) is 13.8 Å². The molecule has 0 unspecified atom stereocenters. The largest absolute Gasteiger partial charge is 0.483 e. The molecular weight excluding hydrogens is 459 g/mol. The van der Waals surface area contributed by atoms with Crippen molar-refractivity contribution in [2.45, 2.75) is 71.5 Å². The van der Waals surface area contributed by atoms with Crippen LogP contribution in [0.2, 0.25) is 10.0 Å². The zero-order chi connectivity index (χ0) is 24.0. The molecule has 7 heteroatoms. The van der Waals surface area contributed by atoms with Gasteiger partial charge in [0, 0.05) is 12.6 Å². The van der Waals surface area contributed by atoms with Crippen molar-refractivity contribution < 1.29 is 14.3 Å². The lowest BCUT2D eigenvalue weighted by atomic mass is 9.95. The Morgan fingerprint density at radius 2 is 1.79 bits per heavy atom. The van der Waals surface area contributed by atoms with Crippen LogP contribution in [0.25, 0.3) is 0 Å². The van der Waals surface area contributed by atoms with Gasteiger partial charge in [0.2, 0.25) is 5.91 Å². The maximum absolute atomic E-state index is 13.3. The van der Waals surface area contributed by atoms with Crippen molar-refractivity contribution in [3.05, 3.63) is 63.1 Å². The van der Waals surface area contributed by atoms with Crippen LogP contribution in [0.4, 0.5) is 0 Å². The molecule has 5 nitrogen and oxygen atoms in total. The standard InChI is InChI=1S/C26H32Cl2N2O3/c1-17-9-12-24(18(2)13-17)33-16-25(31)30(15-20-10-11-22(27)23(28)14-20)19(3)26(32)29-21-7-5-4-6-8-21/h9-14,19,21H,4-8,15-16H2,1-3H3,(H,29,32)/t19-/m0/s1. The van der Waals surface area contributed by atoms with Gasteiger partial charge in [0.05, 0.1) is 10.0 Å².